The van der Waals surface area contributed by atoms with Crippen LogP contribution in [0.1, 0.15) is 0 Å². The molecule has 0 fully saturated rings. The quantitative estimate of drug-likeness (QED) is 0.733. The van der Waals surface area contributed by atoms with Crippen molar-refractivity contribution in [3.05, 3.63) is 59.9 Å². The summed E-state index contributed by atoms with van der Waals surface area (Å²) in [6.07, 6.45) is 1.58. The number of nitrogens with one attached hydrogen (secondary N) is 1. The molecule has 0 aliphatic heterocycles. The third-order valence-corrected chi connectivity index (χ3v) is 6.12. The summed E-state index contributed by atoms with van der Waals surface area (Å²) in [4.78, 5) is 0.745. The molecule has 1 heterocycles. The molecule has 2 aromatic carbocycles. The zero-order valence-electron chi connectivity index (χ0n) is 12.5. The Morgan fingerprint density at radius 2 is 1.83 bits per heavy atom. The highest BCUT2D eigenvalue weighted by molar-refractivity contribution is 7.99. The fraction of sp³-hybridized carbons (Fsp3) is 0.0667. The van der Waals surface area contributed by atoms with Gasteiger partial charge in [-0.25, -0.2) is 8.42 Å². The molecule has 1 N–H and O–H groups in total. The maximum Gasteiger partial charge on any atom is 0.263 e. The van der Waals surface area contributed by atoms with E-state index in [1.807, 2.05) is 19.2 Å². The van der Waals surface area contributed by atoms with Crippen LogP contribution in [-0.2, 0) is 17.1 Å². The summed E-state index contributed by atoms with van der Waals surface area (Å²) in [5.74, 6) is 0. The largest absolute Gasteiger partial charge is 0.311 e. The second-order valence-electron chi connectivity index (χ2n) is 4.86. The van der Waals surface area contributed by atoms with Crippen molar-refractivity contribution in [2.45, 2.75) is 14.9 Å². The summed E-state index contributed by atoms with van der Waals surface area (Å²) in [5, 5.41) is 8.64. The van der Waals surface area contributed by atoms with Crippen molar-refractivity contribution in [2.75, 3.05) is 4.72 Å². The molecular weight excluding hydrogens is 368 g/mol. The van der Waals surface area contributed by atoms with Gasteiger partial charge in [-0.2, -0.15) is 0 Å². The number of anilines is 1. The average Bonchev–Trinajstić information content (AvgIpc) is 2.94. The first kappa shape index (κ1) is 16.8. The van der Waals surface area contributed by atoms with Crippen LogP contribution >= 0.6 is 23.4 Å². The summed E-state index contributed by atoms with van der Waals surface area (Å²) in [7, 11) is -1.98. The number of hydrogen-bond acceptors (Lipinski definition) is 5. The Morgan fingerprint density at radius 3 is 2.54 bits per heavy atom. The zero-order valence-corrected chi connectivity index (χ0v) is 14.9. The van der Waals surface area contributed by atoms with Crippen molar-refractivity contribution >= 4 is 39.1 Å². The third kappa shape index (κ3) is 3.55. The molecule has 3 aromatic rings. The second-order valence-corrected chi connectivity index (χ2v) is 7.93. The number of aromatic nitrogens is 3. The molecule has 0 atom stereocenters. The highest BCUT2D eigenvalue weighted by Crippen LogP contribution is 2.33. The minimum atomic E-state index is -3.79. The van der Waals surface area contributed by atoms with Gasteiger partial charge in [-0.05, 0) is 36.0 Å². The first-order valence-corrected chi connectivity index (χ1v) is 9.53. The smallest absolute Gasteiger partial charge is 0.263 e. The van der Waals surface area contributed by atoms with Gasteiger partial charge in [0.15, 0.2) is 5.16 Å². The van der Waals surface area contributed by atoms with Gasteiger partial charge >= 0.3 is 0 Å². The van der Waals surface area contributed by atoms with E-state index in [2.05, 4.69) is 14.9 Å². The Kier molecular flexibility index (Phi) is 4.79. The summed E-state index contributed by atoms with van der Waals surface area (Å²) < 4.78 is 29.6. The number of para-hydroxylation sites is 1. The molecule has 3 rings (SSSR count). The maximum absolute atomic E-state index is 12.6. The van der Waals surface area contributed by atoms with Crippen LogP contribution in [0, 0.1) is 0 Å². The van der Waals surface area contributed by atoms with Crippen molar-refractivity contribution in [1.29, 1.82) is 0 Å². The van der Waals surface area contributed by atoms with Gasteiger partial charge in [0, 0.05) is 11.9 Å². The SMILES string of the molecule is Cn1cnnc1Sc1ccccc1NS(=O)(=O)c1ccccc1Cl. The molecule has 0 radical (unpaired) electrons. The fourth-order valence-electron chi connectivity index (χ4n) is 1.97. The van der Waals surface area contributed by atoms with Crippen LogP contribution in [0.15, 0.2) is 69.8 Å². The highest BCUT2D eigenvalue weighted by Gasteiger charge is 2.19. The van der Waals surface area contributed by atoms with E-state index < -0.39 is 10.0 Å². The van der Waals surface area contributed by atoms with E-state index in [4.69, 9.17) is 11.6 Å². The Hall–Kier alpha value is -2.03. The van der Waals surface area contributed by atoms with Crippen LogP contribution in [0.3, 0.4) is 0 Å². The van der Waals surface area contributed by atoms with E-state index in [0.717, 1.165) is 0 Å². The molecule has 0 saturated carbocycles. The maximum atomic E-state index is 12.6. The third-order valence-electron chi connectivity index (χ3n) is 3.13. The van der Waals surface area contributed by atoms with Gasteiger partial charge in [-0.15, -0.1) is 10.2 Å². The number of aryl methyl sites for hydroxylation is 1. The number of nitrogens with zero attached hydrogens (tertiary/aromatic N) is 3. The van der Waals surface area contributed by atoms with E-state index >= 15 is 0 Å². The normalized spacial score (nSPS) is 11.4. The van der Waals surface area contributed by atoms with Crippen LogP contribution in [-0.4, -0.2) is 23.2 Å². The lowest BCUT2D eigenvalue weighted by molar-refractivity contribution is 0.601. The van der Waals surface area contributed by atoms with E-state index in [1.54, 1.807) is 35.2 Å². The van der Waals surface area contributed by atoms with Crippen molar-refractivity contribution in [3.8, 4) is 0 Å². The van der Waals surface area contributed by atoms with Crippen LogP contribution in [0.25, 0.3) is 0 Å². The lowest BCUT2D eigenvalue weighted by atomic mass is 10.3. The monoisotopic (exact) mass is 380 g/mol. The van der Waals surface area contributed by atoms with Crippen LogP contribution < -0.4 is 4.72 Å². The molecule has 0 bridgehead atoms. The highest BCUT2D eigenvalue weighted by atomic mass is 35.5. The summed E-state index contributed by atoms with van der Waals surface area (Å²) in [6, 6.07) is 13.4. The molecule has 9 heteroatoms. The Morgan fingerprint density at radius 1 is 1.12 bits per heavy atom. The molecule has 0 aliphatic carbocycles. The average molecular weight is 381 g/mol. The summed E-state index contributed by atoms with van der Waals surface area (Å²) >= 11 is 7.32. The number of hydrogen-bond donors (Lipinski definition) is 1. The Bertz CT molecular complexity index is 973. The van der Waals surface area contributed by atoms with Gasteiger partial charge in [0.1, 0.15) is 11.2 Å². The van der Waals surface area contributed by atoms with Gasteiger partial charge in [-0.3, -0.25) is 4.72 Å². The molecular formula is C15H13ClN4O2S2. The molecule has 0 spiro atoms. The molecule has 0 saturated heterocycles. The lowest BCUT2D eigenvalue weighted by Crippen LogP contribution is -2.14. The number of rotatable bonds is 5. The Balaban J connectivity index is 1.94. The van der Waals surface area contributed by atoms with E-state index in [0.29, 0.717) is 15.7 Å². The number of benzene rings is 2. The van der Waals surface area contributed by atoms with Crippen molar-refractivity contribution < 1.29 is 8.42 Å². The minimum Gasteiger partial charge on any atom is -0.311 e. The second kappa shape index (κ2) is 6.84. The van der Waals surface area contributed by atoms with Gasteiger partial charge < -0.3 is 4.57 Å². The van der Waals surface area contributed by atoms with Crippen molar-refractivity contribution in [3.63, 3.8) is 0 Å². The zero-order chi connectivity index (χ0) is 17.2. The molecule has 0 aliphatic rings. The predicted molar refractivity (Wildman–Crippen MR) is 93.8 cm³/mol. The summed E-state index contributed by atoms with van der Waals surface area (Å²) in [6.45, 7) is 0. The first-order chi connectivity index (χ1) is 11.5. The van der Waals surface area contributed by atoms with Crippen LogP contribution in [0.2, 0.25) is 5.02 Å². The Labute approximate surface area is 148 Å². The van der Waals surface area contributed by atoms with E-state index in [9.17, 15) is 8.42 Å². The molecule has 24 heavy (non-hydrogen) atoms. The van der Waals surface area contributed by atoms with E-state index in [-0.39, 0.29) is 9.92 Å². The first-order valence-electron chi connectivity index (χ1n) is 6.85. The number of halogens is 1. The van der Waals surface area contributed by atoms with Crippen LogP contribution in [0.5, 0.6) is 0 Å². The van der Waals surface area contributed by atoms with Crippen LogP contribution in [0.4, 0.5) is 5.69 Å². The van der Waals surface area contributed by atoms with Gasteiger partial charge in [0.25, 0.3) is 10.0 Å². The van der Waals surface area contributed by atoms with Gasteiger partial charge in [0.05, 0.1) is 10.7 Å². The van der Waals surface area contributed by atoms with E-state index in [1.165, 1.54) is 23.9 Å². The van der Waals surface area contributed by atoms with Gasteiger partial charge in [0.2, 0.25) is 0 Å². The standard InChI is InChI=1S/C15H13ClN4O2S2/c1-20-10-17-18-15(20)23-13-8-4-3-7-12(13)19-24(21,22)14-9-5-2-6-11(14)16/h2-10,19H,1H3. The minimum absolute atomic E-state index is 0.0325. The summed E-state index contributed by atoms with van der Waals surface area (Å²) in [5.41, 5.74) is 0.449. The lowest BCUT2D eigenvalue weighted by Gasteiger charge is -2.12. The molecule has 0 amide bonds. The predicted octanol–water partition coefficient (Wildman–Crippen LogP) is 3.42. The molecule has 6 nitrogen and oxygen atoms in total. The molecule has 1 aromatic heterocycles. The van der Waals surface area contributed by atoms with Gasteiger partial charge in [-0.1, -0.05) is 35.9 Å². The topological polar surface area (TPSA) is 76.9 Å². The molecule has 124 valence electrons. The molecule has 0 unspecified atom stereocenters. The fourth-order valence-corrected chi connectivity index (χ4v) is 4.48. The number of sulfonamides is 1. The van der Waals surface area contributed by atoms with Crippen molar-refractivity contribution in [2.24, 2.45) is 7.05 Å². The van der Waals surface area contributed by atoms with Crippen molar-refractivity contribution in [1.82, 2.24) is 14.8 Å².